The Morgan fingerprint density at radius 2 is 2.12 bits per heavy atom. The lowest BCUT2D eigenvalue weighted by Crippen LogP contribution is -2.09. The molecule has 2 heterocycles. The summed E-state index contributed by atoms with van der Waals surface area (Å²) in [7, 11) is 0. The first-order valence-electron chi connectivity index (χ1n) is 5.46. The third-order valence-corrected chi connectivity index (χ3v) is 2.79. The predicted octanol–water partition coefficient (Wildman–Crippen LogP) is 3.61. The van der Waals surface area contributed by atoms with Crippen LogP contribution in [-0.4, -0.2) is 9.97 Å². The number of anilines is 1. The number of nitrogens with one attached hydrogen (secondary N) is 1. The van der Waals surface area contributed by atoms with Crippen molar-refractivity contribution in [1.29, 1.82) is 0 Å². The van der Waals surface area contributed by atoms with Crippen molar-refractivity contribution in [3.8, 4) is 0 Å². The van der Waals surface area contributed by atoms with Crippen molar-refractivity contribution in [3.63, 3.8) is 0 Å². The van der Waals surface area contributed by atoms with Gasteiger partial charge in [-0.2, -0.15) is 0 Å². The number of nitrogens with zero attached hydrogens (tertiary/aromatic N) is 2. The average Bonchev–Trinajstić information content (AvgIpc) is 2.34. The lowest BCUT2D eigenvalue weighted by Gasteiger charge is -2.16. The zero-order chi connectivity index (χ0) is 12.3. The van der Waals surface area contributed by atoms with Gasteiger partial charge in [0.1, 0.15) is 5.15 Å². The van der Waals surface area contributed by atoms with Crippen LogP contribution in [0.2, 0.25) is 5.15 Å². The summed E-state index contributed by atoms with van der Waals surface area (Å²) in [6, 6.07) is 7.86. The zero-order valence-electron chi connectivity index (χ0n) is 9.81. The van der Waals surface area contributed by atoms with Gasteiger partial charge in [0.25, 0.3) is 0 Å². The zero-order valence-corrected chi connectivity index (χ0v) is 10.6. The fourth-order valence-corrected chi connectivity index (χ4v) is 1.82. The molecule has 0 amide bonds. The van der Waals surface area contributed by atoms with Gasteiger partial charge in [0.15, 0.2) is 0 Å². The first-order chi connectivity index (χ1) is 8.16. The molecule has 2 aromatic rings. The Hall–Kier alpha value is -1.61. The molecule has 0 saturated carbocycles. The summed E-state index contributed by atoms with van der Waals surface area (Å²) >= 11 is 5.82. The molecule has 0 aromatic carbocycles. The van der Waals surface area contributed by atoms with Gasteiger partial charge in [-0.1, -0.05) is 17.7 Å². The van der Waals surface area contributed by atoms with Crippen molar-refractivity contribution in [2.75, 3.05) is 5.32 Å². The topological polar surface area (TPSA) is 37.8 Å². The molecule has 0 saturated heterocycles. The van der Waals surface area contributed by atoms with E-state index in [1.54, 1.807) is 12.4 Å². The van der Waals surface area contributed by atoms with Crippen molar-refractivity contribution < 1.29 is 0 Å². The number of hydrogen-bond donors (Lipinski definition) is 1. The van der Waals surface area contributed by atoms with Crippen LogP contribution in [0.3, 0.4) is 0 Å². The Balaban J connectivity index is 2.16. The van der Waals surface area contributed by atoms with Crippen molar-refractivity contribution >= 4 is 17.3 Å². The summed E-state index contributed by atoms with van der Waals surface area (Å²) in [5, 5.41) is 3.88. The Bertz CT molecular complexity index is 499. The van der Waals surface area contributed by atoms with E-state index in [4.69, 9.17) is 11.6 Å². The summed E-state index contributed by atoms with van der Waals surface area (Å²) in [6.45, 7) is 4.07. The Morgan fingerprint density at radius 1 is 1.29 bits per heavy atom. The van der Waals surface area contributed by atoms with Crippen LogP contribution < -0.4 is 5.32 Å². The highest BCUT2D eigenvalue weighted by atomic mass is 35.5. The van der Waals surface area contributed by atoms with Crippen molar-refractivity contribution in [1.82, 2.24) is 9.97 Å². The molecule has 0 aliphatic heterocycles. The summed E-state index contributed by atoms with van der Waals surface area (Å²) in [5.74, 6) is 0. The van der Waals surface area contributed by atoms with Crippen LogP contribution in [0, 0.1) is 6.92 Å². The van der Waals surface area contributed by atoms with E-state index in [2.05, 4.69) is 22.2 Å². The Morgan fingerprint density at radius 3 is 2.76 bits per heavy atom. The first-order valence-corrected chi connectivity index (χ1v) is 5.84. The lowest BCUT2D eigenvalue weighted by atomic mass is 10.2. The molecule has 2 rings (SSSR count). The van der Waals surface area contributed by atoms with E-state index in [0.29, 0.717) is 5.15 Å². The maximum absolute atomic E-state index is 5.82. The minimum absolute atomic E-state index is 0.137. The Labute approximate surface area is 106 Å². The van der Waals surface area contributed by atoms with Crippen LogP contribution in [0.4, 0.5) is 5.69 Å². The minimum Gasteiger partial charge on any atom is -0.375 e. The first kappa shape index (κ1) is 11.9. The maximum atomic E-state index is 5.82. The largest absolute Gasteiger partial charge is 0.375 e. The van der Waals surface area contributed by atoms with Crippen LogP contribution in [0.15, 0.2) is 36.7 Å². The minimum atomic E-state index is 0.137. The van der Waals surface area contributed by atoms with Gasteiger partial charge < -0.3 is 5.32 Å². The van der Waals surface area contributed by atoms with Gasteiger partial charge in [-0.15, -0.1) is 0 Å². The van der Waals surface area contributed by atoms with E-state index >= 15 is 0 Å². The summed E-state index contributed by atoms with van der Waals surface area (Å²) in [6.07, 6.45) is 3.54. The number of aromatic nitrogens is 2. The molecule has 1 N–H and O–H groups in total. The summed E-state index contributed by atoms with van der Waals surface area (Å²) < 4.78 is 0. The number of aryl methyl sites for hydroxylation is 1. The van der Waals surface area contributed by atoms with Crippen LogP contribution in [-0.2, 0) is 0 Å². The molecule has 0 radical (unpaired) electrons. The van der Waals surface area contributed by atoms with E-state index < -0.39 is 0 Å². The second-order valence-electron chi connectivity index (χ2n) is 3.94. The van der Waals surface area contributed by atoms with Crippen LogP contribution in [0.1, 0.15) is 24.2 Å². The second kappa shape index (κ2) is 5.15. The van der Waals surface area contributed by atoms with Crippen LogP contribution in [0.5, 0.6) is 0 Å². The van der Waals surface area contributed by atoms with Gasteiger partial charge in [0.2, 0.25) is 0 Å². The van der Waals surface area contributed by atoms with E-state index in [1.165, 1.54) is 0 Å². The van der Waals surface area contributed by atoms with Gasteiger partial charge in [-0.25, -0.2) is 4.98 Å². The molecule has 88 valence electrons. The quantitative estimate of drug-likeness (QED) is 0.842. The molecular formula is C13H14ClN3. The summed E-state index contributed by atoms with van der Waals surface area (Å²) in [4.78, 5) is 8.38. The van der Waals surface area contributed by atoms with E-state index in [0.717, 1.165) is 16.9 Å². The maximum Gasteiger partial charge on any atom is 0.129 e. The molecule has 0 spiro atoms. The van der Waals surface area contributed by atoms with Gasteiger partial charge >= 0.3 is 0 Å². The van der Waals surface area contributed by atoms with E-state index in [1.807, 2.05) is 31.2 Å². The second-order valence-corrected chi connectivity index (χ2v) is 4.33. The fraction of sp³-hybridized carbons (Fsp3) is 0.231. The third kappa shape index (κ3) is 2.94. The lowest BCUT2D eigenvalue weighted by molar-refractivity contribution is 0.836. The normalized spacial score (nSPS) is 12.2. The smallest absolute Gasteiger partial charge is 0.129 e. The van der Waals surface area contributed by atoms with Crippen LogP contribution >= 0.6 is 11.6 Å². The van der Waals surface area contributed by atoms with Crippen LogP contribution in [0.25, 0.3) is 0 Å². The van der Waals surface area contributed by atoms with Crippen molar-refractivity contribution in [2.24, 2.45) is 0 Å². The standard InChI is InChI=1S/C13H14ClN3/c1-9-7-13(14)16-8-12(9)17-10(2)11-5-3-4-6-15-11/h3-8,10,17H,1-2H3. The SMILES string of the molecule is Cc1cc(Cl)ncc1NC(C)c1ccccn1. The monoisotopic (exact) mass is 247 g/mol. The number of pyridine rings is 2. The van der Waals surface area contributed by atoms with Gasteiger partial charge in [0, 0.05) is 6.20 Å². The number of rotatable bonds is 3. The highest BCUT2D eigenvalue weighted by Gasteiger charge is 2.08. The number of hydrogen-bond acceptors (Lipinski definition) is 3. The van der Waals surface area contributed by atoms with Gasteiger partial charge in [-0.05, 0) is 37.6 Å². The molecule has 2 aromatic heterocycles. The van der Waals surface area contributed by atoms with E-state index in [9.17, 15) is 0 Å². The fourth-order valence-electron chi connectivity index (χ4n) is 1.61. The average molecular weight is 248 g/mol. The highest BCUT2D eigenvalue weighted by molar-refractivity contribution is 6.29. The molecule has 0 bridgehead atoms. The summed E-state index contributed by atoms with van der Waals surface area (Å²) in [5.41, 5.74) is 3.06. The number of halogens is 1. The third-order valence-electron chi connectivity index (χ3n) is 2.58. The van der Waals surface area contributed by atoms with Crippen molar-refractivity contribution in [2.45, 2.75) is 19.9 Å². The molecule has 4 heteroatoms. The molecular weight excluding hydrogens is 234 g/mol. The van der Waals surface area contributed by atoms with Gasteiger partial charge in [0.05, 0.1) is 23.6 Å². The van der Waals surface area contributed by atoms with Crippen molar-refractivity contribution in [3.05, 3.63) is 53.1 Å². The molecule has 1 unspecified atom stereocenters. The molecule has 1 atom stereocenters. The molecule has 0 aliphatic carbocycles. The Kier molecular flexibility index (Phi) is 3.59. The van der Waals surface area contributed by atoms with Gasteiger partial charge in [-0.3, -0.25) is 4.98 Å². The predicted molar refractivity (Wildman–Crippen MR) is 70.3 cm³/mol. The molecule has 3 nitrogen and oxygen atoms in total. The highest BCUT2D eigenvalue weighted by Crippen LogP contribution is 2.21. The molecule has 17 heavy (non-hydrogen) atoms. The van der Waals surface area contributed by atoms with E-state index in [-0.39, 0.29) is 6.04 Å². The molecule has 0 aliphatic rings. The molecule has 0 fully saturated rings.